The lowest BCUT2D eigenvalue weighted by atomic mass is 10.1. The lowest BCUT2D eigenvalue weighted by Crippen LogP contribution is -2.04. The van der Waals surface area contributed by atoms with Crippen LogP contribution in [0.1, 0.15) is 12.5 Å². The summed E-state index contributed by atoms with van der Waals surface area (Å²) < 4.78 is 0. The molecule has 12 heavy (non-hydrogen) atoms. The quantitative estimate of drug-likeness (QED) is 0.717. The van der Waals surface area contributed by atoms with Crippen LogP contribution in [-0.4, -0.2) is 13.6 Å². The zero-order chi connectivity index (χ0) is 8.81. The highest BCUT2D eigenvalue weighted by molar-refractivity contribution is 5.63. The van der Waals surface area contributed by atoms with Crippen molar-refractivity contribution in [3.8, 4) is 0 Å². The molecule has 1 aromatic rings. The molecule has 0 aliphatic carbocycles. The van der Waals surface area contributed by atoms with Crippen LogP contribution in [-0.2, 0) is 0 Å². The summed E-state index contributed by atoms with van der Waals surface area (Å²) in [6.07, 6.45) is 2.19. The molecule has 0 atom stereocenters. The summed E-state index contributed by atoms with van der Waals surface area (Å²) in [6.45, 7) is 3.06. The Morgan fingerprint density at radius 2 is 2.00 bits per heavy atom. The van der Waals surface area contributed by atoms with Gasteiger partial charge in [-0.3, -0.25) is 0 Å². The van der Waals surface area contributed by atoms with E-state index in [4.69, 9.17) is 0 Å². The molecule has 0 aliphatic rings. The molecule has 1 heteroatoms. The molecular formula is C11H15N. The van der Waals surface area contributed by atoms with Crippen molar-refractivity contribution >= 4 is 5.57 Å². The number of likely N-dealkylation sites (N-methyl/N-ethyl adjacent to an activating group) is 1. The van der Waals surface area contributed by atoms with Gasteiger partial charge in [-0.15, -0.1) is 0 Å². The average molecular weight is 161 g/mol. The van der Waals surface area contributed by atoms with Gasteiger partial charge in [0.2, 0.25) is 0 Å². The Bertz CT molecular complexity index is 249. The molecule has 0 aromatic heterocycles. The third kappa shape index (κ3) is 2.51. The number of rotatable bonds is 3. The van der Waals surface area contributed by atoms with Crippen LogP contribution in [0.25, 0.3) is 5.57 Å². The van der Waals surface area contributed by atoms with Gasteiger partial charge in [0, 0.05) is 6.54 Å². The number of hydrogen-bond donors (Lipinski definition) is 1. The van der Waals surface area contributed by atoms with E-state index >= 15 is 0 Å². The summed E-state index contributed by atoms with van der Waals surface area (Å²) in [7, 11) is 1.95. The van der Waals surface area contributed by atoms with Crippen molar-refractivity contribution in [3.05, 3.63) is 42.0 Å². The van der Waals surface area contributed by atoms with Gasteiger partial charge in [-0.05, 0) is 25.1 Å². The number of benzene rings is 1. The van der Waals surface area contributed by atoms with E-state index in [9.17, 15) is 0 Å². The highest BCUT2D eigenvalue weighted by atomic mass is 14.8. The SMILES string of the molecule is CNC/C=C(\C)c1ccccc1. The van der Waals surface area contributed by atoms with Crippen LogP contribution in [0.4, 0.5) is 0 Å². The minimum Gasteiger partial charge on any atom is -0.316 e. The van der Waals surface area contributed by atoms with E-state index in [-0.39, 0.29) is 0 Å². The van der Waals surface area contributed by atoms with Crippen LogP contribution in [0.15, 0.2) is 36.4 Å². The molecular weight excluding hydrogens is 146 g/mol. The molecule has 0 spiro atoms. The van der Waals surface area contributed by atoms with Gasteiger partial charge in [0.25, 0.3) is 0 Å². The molecule has 0 aliphatic heterocycles. The Morgan fingerprint density at radius 1 is 1.33 bits per heavy atom. The molecule has 0 fully saturated rings. The van der Waals surface area contributed by atoms with Gasteiger partial charge >= 0.3 is 0 Å². The molecule has 0 saturated heterocycles. The lowest BCUT2D eigenvalue weighted by molar-refractivity contribution is 0.920. The first-order chi connectivity index (χ1) is 5.84. The molecule has 1 N–H and O–H groups in total. The Kier molecular flexibility index (Phi) is 3.55. The van der Waals surface area contributed by atoms with Crippen molar-refractivity contribution in [2.24, 2.45) is 0 Å². The normalized spacial score (nSPS) is 11.7. The van der Waals surface area contributed by atoms with Crippen LogP contribution < -0.4 is 5.32 Å². The van der Waals surface area contributed by atoms with Gasteiger partial charge in [-0.25, -0.2) is 0 Å². The predicted octanol–water partition coefficient (Wildman–Crippen LogP) is 2.31. The molecule has 0 heterocycles. The third-order valence-corrected chi connectivity index (χ3v) is 1.84. The number of allylic oxidation sites excluding steroid dienone is 1. The highest BCUT2D eigenvalue weighted by Gasteiger charge is 1.90. The van der Waals surface area contributed by atoms with Crippen molar-refractivity contribution in [2.75, 3.05) is 13.6 Å². The number of nitrogens with one attached hydrogen (secondary N) is 1. The highest BCUT2D eigenvalue weighted by Crippen LogP contribution is 2.11. The van der Waals surface area contributed by atoms with Crippen molar-refractivity contribution < 1.29 is 0 Å². The second-order valence-corrected chi connectivity index (χ2v) is 2.81. The van der Waals surface area contributed by atoms with Crippen molar-refractivity contribution in [3.63, 3.8) is 0 Å². The number of hydrogen-bond acceptors (Lipinski definition) is 1. The topological polar surface area (TPSA) is 12.0 Å². The van der Waals surface area contributed by atoms with Gasteiger partial charge in [0.15, 0.2) is 0 Å². The van der Waals surface area contributed by atoms with E-state index in [1.165, 1.54) is 11.1 Å². The fourth-order valence-electron chi connectivity index (χ4n) is 1.07. The Balaban J connectivity index is 2.71. The van der Waals surface area contributed by atoms with E-state index in [1.54, 1.807) is 0 Å². The smallest absolute Gasteiger partial charge is 0.0137 e. The molecule has 0 amide bonds. The zero-order valence-electron chi connectivity index (χ0n) is 7.67. The molecule has 1 rings (SSSR count). The van der Waals surface area contributed by atoms with Crippen molar-refractivity contribution in [2.45, 2.75) is 6.92 Å². The molecule has 0 saturated carbocycles. The Morgan fingerprint density at radius 3 is 2.58 bits per heavy atom. The first-order valence-corrected chi connectivity index (χ1v) is 4.21. The maximum atomic E-state index is 3.09. The first-order valence-electron chi connectivity index (χ1n) is 4.21. The van der Waals surface area contributed by atoms with E-state index in [0.717, 1.165) is 6.54 Å². The largest absolute Gasteiger partial charge is 0.316 e. The fourth-order valence-corrected chi connectivity index (χ4v) is 1.07. The van der Waals surface area contributed by atoms with Crippen LogP contribution in [0.5, 0.6) is 0 Å². The van der Waals surface area contributed by atoms with Gasteiger partial charge in [-0.2, -0.15) is 0 Å². The van der Waals surface area contributed by atoms with Gasteiger partial charge < -0.3 is 5.32 Å². The zero-order valence-corrected chi connectivity index (χ0v) is 7.67. The first kappa shape index (κ1) is 9.01. The minimum atomic E-state index is 0.931. The summed E-state index contributed by atoms with van der Waals surface area (Å²) >= 11 is 0. The van der Waals surface area contributed by atoms with E-state index in [2.05, 4.69) is 42.6 Å². The maximum absolute atomic E-state index is 3.09. The van der Waals surface area contributed by atoms with E-state index in [0.29, 0.717) is 0 Å². The Labute approximate surface area is 74.1 Å². The van der Waals surface area contributed by atoms with Gasteiger partial charge in [0.05, 0.1) is 0 Å². The van der Waals surface area contributed by atoms with Crippen LogP contribution in [0.2, 0.25) is 0 Å². The van der Waals surface area contributed by atoms with Crippen LogP contribution in [0.3, 0.4) is 0 Å². The second-order valence-electron chi connectivity index (χ2n) is 2.81. The van der Waals surface area contributed by atoms with Crippen LogP contribution in [0, 0.1) is 0 Å². The predicted molar refractivity (Wildman–Crippen MR) is 54.0 cm³/mol. The molecule has 64 valence electrons. The monoisotopic (exact) mass is 161 g/mol. The van der Waals surface area contributed by atoms with Crippen molar-refractivity contribution in [1.82, 2.24) is 5.32 Å². The molecule has 1 nitrogen and oxygen atoms in total. The fraction of sp³-hybridized carbons (Fsp3) is 0.273. The summed E-state index contributed by atoms with van der Waals surface area (Å²) in [5.41, 5.74) is 2.62. The summed E-state index contributed by atoms with van der Waals surface area (Å²) in [5.74, 6) is 0. The molecule has 0 radical (unpaired) electrons. The lowest BCUT2D eigenvalue weighted by Gasteiger charge is -2.00. The molecule has 0 bridgehead atoms. The van der Waals surface area contributed by atoms with Gasteiger partial charge in [0.1, 0.15) is 0 Å². The summed E-state index contributed by atoms with van der Waals surface area (Å²) in [6, 6.07) is 10.4. The van der Waals surface area contributed by atoms with Crippen LogP contribution >= 0.6 is 0 Å². The maximum Gasteiger partial charge on any atom is 0.0137 e. The molecule has 0 unspecified atom stereocenters. The summed E-state index contributed by atoms with van der Waals surface area (Å²) in [5, 5.41) is 3.09. The van der Waals surface area contributed by atoms with E-state index < -0.39 is 0 Å². The van der Waals surface area contributed by atoms with E-state index in [1.807, 2.05) is 13.1 Å². The van der Waals surface area contributed by atoms with Crippen molar-refractivity contribution in [1.29, 1.82) is 0 Å². The summed E-state index contributed by atoms with van der Waals surface area (Å²) in [4.78, 5) is 0. The van der Waals surface area contributed by atoms with Gasteiger partial charge in [-0.1, -0.05) is 36.4 Å². The third-order valence-electron chi connectivity index (χ3n) is 1.84. The average Bonchev–Trinajstić information content (AvgIpc) is 2.15. The minimum absolute atomic E-state index is 0.931. The molecule has 1 aromatic carbocycles. The second kappa shape index (κ2) is 4.73. The Hall–Kier alpha value is -1.08. The standard InChI is InChI=1S/C11H15N/c1-10(8-9-12-2)11-6-4-3-5-7-11/h3-8,12H,9H2,1-2H3/b10-8+.